The van der Waals surface area contributed by atoms with Crippen LogP contribution in [0.15, 0.2) is 24.4 Å². The molecule has 8 heavy (non-hydrogen) atoms. The summed E-state index contributed by atoms with van der Waals surface area (Å²) in [7, 11) is 0. The van der Waals surface area contributed by atoms with Gasteiger partial charge in [-0.05, 0) is 19.1 Å². The van der Waals surface area contributed by atoms with Gasteiger partial charge >= 0.3 is 0 Å². The van der Waals surface area contributed by atoms with Gasteiger partial charge in [-0.1, -0.05) is 6.04 Å². The van der Waals surface area contributed by atoms with E-state index in [1.807, 2.05) is 6.92 Å². The van der Waals surface area contributed by atoms with Crippen molar-refractivity contribution in [1.82, 2.24) is 4.98 Å². The van der Waals surface area contributed by atoms with Crippen LogP contribution in [0, 0.1) is 6.92 Å². The van der Waals surface area contributed by atoms with Crippen molar-refractivity contribution in [2.75, 3.05) is 0 Å². The Bertz CT molecular complexity index is 173. The summed E-state index contributed by atoms with van der Waals surface area (Å²) in [5.41, 5.74) is 0.900. The Morgan fingerprint density at radius 2 is 2.50 bits per heavy atom. The normalized spacial score (nSPS) is 9.38. The molecule has 0 unspecified atom stereocenters. The molecular formula is C6H8ClN. The third-order valence-electron chi connectivity index (χ3n) is 0.741. The molecule has 0 saturated carbocycles. The van der Waals surface area contributed by atoms with Crippen LogP contribution in [0.1, 0.15) is 7.06 Å². The van der Waals surface area contributed by atoms with Gasteiger partial charge in [0.15, 0.2) is 0 Å². The quantitative estimate of drug-likeness (QED) is 0.522. The third-order valence-corrected chi connectivity index (χ3v) is 0.741. The monoisotopic (exact) mass is 130 g/mol. The third kappa shape index (κ3) is 1.94. The van der Waals surface area contributed by atoms with Crippen molar-refractivity contribution in [3.05, 3.63) is 30.1 Å². The molecule has 1 heterocycles. The van der Waals surface area contributed by atoms with Crippen LogP contribution < -0.4 is 0 Å². The molecule has 0 saturated heterocycles. The molecule has 1 nitrogen and oxygen atoms in total. The van der Waals surface area contributed by atoms with Gasteiger partial charge in [-0.2, -0.15) is 0 Å². The highest BCUT2D eigenvalue weighted by Gasteiger charge is 1.73. The van der Waals surface area contributed by atoms with Crippen LogP contribution in [-0.2, 0) is 0 Å². The second-order valence-corrected chi connectivity index (χ2v) is 1.40. The maximum absolute atomic E-state index is 7.10. The second kappa shape index (κ2) is 3.44. The molecule has 0 fully saturated rings. The van der Waals surface area contributed by atoms with Crippen molar-refractivity contribution < 1.29 is 1.37 Å². The van der Waals surface area contributed by atoms with Gasteiger partial charge in [-0.15, -0.1) is 12.4 Å². The van der Waals surface area contributed by atoms with Gasteiger partial charge in [0.25, 0.3) is 0 Å². The maximum atomic E-state index is 7.10. The molecule has 2 heteroatoms. The second-order valence-electron chi connectivity index (χ2n) is 1.40. The number of halogens is 1. The lowest BCUT2D eigenvalue weighted by Gasteiger charge is -1.82. The molecule has 0 atom stereocenters. The number of rotatable bonds is 0. The van der Waals surface area contributed by atoms with Crippen LogP contribution in [0.3, 0.4) is 0 Å². The summed E-state index contributed by atoms with van der Waals surface area (Å²) in [6.45, 7) is 1.87. The maximum Gasteiger partial charge on any atom is 0.0624 e. The highest BCUT2D eigenvalue weighted by Crippen LogP contribution is 1.85. The Hall–Kier alpha value is -0.560. The van der Waals surface area contributed by atoms with E-state index >= 15 is 0 Å². The summed E-state index contributed by atoms with van der Waals surface area (Å²) >= 11 is 0. The van der Waals surface area contributed by atoms with Crippen molar-refractivity contribution in [3.63, 3.8) is 0 Å². The fourth-order valence-electron chi connectivity index (χ4n) is 0.404. The van der Waals surface area contributed by atoms with E-state index in [2.05, 4.69) is 4.98 Å². The Morgan fingerprint density at radius 3 is 2.88 bits per heavy atom. The molecule has 0 bridgehead atoms. The largest absolute Gasteiger partial charge is 0.262 e. The van der Waals surface area contributed by atoms with Gasteiger partial charge in [-0.3, -0.25) is 4.98 Å². The van der Waals surface area contributed by atoms with Gasteiger partial charge in [0.2, 0.25) is 0 Å². The summed E-state index contributed by atoms with van der Waals surface area (Å²) in [6.07, 6.45) is 1.64. The molecule has 44 valence electrons. The van der Waals surface area contributed by atoms with Crippen LogP contribution in [0.25, 0.3) is 0 Å². The van der Waals surface area contributed by atoms with Gasteiger partial charge in [0.05, 0.1) is 1.37 Å². The molecule has 0 aliphatic carbocycles. The molecule has 0 amide bonds. The molecular weight excluding hydrogens is 122 g/mol. The zero-order chi connectivity index (χ0) is 5.98. The van der Waals surface area contributed by atoms with Crippen LogP contribution in [0.4, 0.5) is 0 Å². The minimum atomic E-state index is 0. The van der Waals surface area contributed by atoms with Crippen LogP contribution in [0.2, 0.25) is 0 Å². The van der Waals surface area contributed by atoms with E-state index in [-0.39, 0.29) is 12.4 Å². The Morgan fingerprint density at radius 1 is 1.75 bits per heavy atom. The zero-order valence-electron chi connectivity index (χ0n) is 5.59. The molecule has 1 aromatic heterocycles. The Balaban J connectivity index is 0.000000640. The Labute approximate surface area is 56.6 Å². The zero-order valence-corrected chi connectivity index (χ0v) is 5.40. The number of aromatic nitrogens is 1. The first-order chi connectivity index (χ1) is 3.79. The van der Waals surface area contributed by atoms with E-state index in [1.54, 1.807) is 18.3 Å². The van der Waals surface area contributed by atoms with Crippen LogP contribution in [-0.4, -0.2) is 4.98 Å². The van der Waals surface area contributed by atoms with Gasteiger partial charge in [-0.25, -0.2) is 0 Å². The molecule has 1 aromatic rings. The minimum Gasteiger partial charge on any atom is -0.262 e. The van der Waals surface area contributed by atoms with E-state index in [4.69, 9.17) is 1.37 Å². The molecule has 0 aliphatic heterocycles. The van der Waals surface area contributed by atoms with E-state index in [0.29, 0.717) is 6.04 Å². The number of aryl methyl sites for hydroxylation is 1. The lowest BCUT2D eigenvalue weighted by molar-refractivity contribution is 1.20. The fourth-order valence-corrected chi connectivity index (χ4v) is 0.404. The lowest BCUT2D eigenvalue weighted by Crippen LogP contribution is -1.72. The van der Waals surface area contributed by atoms with Crippen LogP contribution in [0.5, 0.6) is 0 Å². The summed E-state index contributed by atoms with van der Waals surface area (Å²) in [5.74, 6) is 0. The number of hydrogen-bond acceptors (Lipinski definition) is 1. The molecule has 0 aliphatic rings. The van der Waals surface area contributed by atoms with E-state index in [9.17, 15) is 0 Å². The first-order valence-electron chi connectivity index (χ1n) is 2.68. The van der Waals surface area contributed by atoms with Crippen molar-refractivity contribution in [2.45, 2.75) is 6.92 Å². The average Bonchev–Trinajstić information content (AvgIpc) is 1.64. The summed E-state index contributed by atoms with van der Waals surface area (Å²) in [5, 5.41) is 0. The number of pyridine rings is 1. The molecule has 0 aromatic carbocycles. The number of hydrogen-bond donors (Lipinski definition) is 0. The first kappa shape index (κ1) is 5.57. The SMILES string of the molecule is Cl.[2H]c1ccnc(C)c1. The van der Waals surface area contributed by atoms with Crippen molar-refractivity contribution in [1.29, 1.82) is 0 Å². The number of nitrogens with zero attached hydrogens (tertiary/aromatic N) is 1. The lowest BCUT2D eigenvalue weighted by atomic mass is 10.4. The highest BCUT2D eigenvalue weighted by molar-refractivity contribution is 5.85. The fraction of sp³-hybridized carbons (Fsp3) is 0.167. The van der Waals surface area contributed by atoms with Crippen molar-refractivity contribution in [3.8, 4) is 0 Å². The predicted octanol–water partition coefficient (Wildman–Crippen LogP) is 1.81. The van der Waals surface area contributed by atoms with Crippen molar-refractivity contribution >= 4 is 12.4 Å². The Kier molecular flexibility index (Phi) is 2.40. The van der Waals surface area contributed by atoms with Crippen molar-refractivity contribution in [2.24, 2.45) is 0 Å². The summed E-state index contributed by atoms with van der Waals surface area (Å²) < 4.78 is 7.10. The van der Waals surface area contributed by atoms with E-state index in [0.717, 1.165) is 5.69 Å². The summed E-state index contributed by atoms with van der Waals surface area (Å²) in [6, 6.07) is 3.91. The standard InChI is InChI=1S/C6H7N.ClH/c1-6-4-2-3-5-7-6;/h2-5H,1H3;1H/i2D;. The molecule has 0 N–H and O–H groups in total. The molecule has 0 spiro atoms. The first-order valence-corrected chi connectivity index (χ1v) is 2.18. The highest BCUT2D eigenvalue weighted by atomic mass is 35.5. The smallest absolute Gasteiger partial charge is 0.0624 e. The molecule has 0 radical (unpaired) electrons. The van der Waals surface area contributed by atoms with E-state index < -0.39 is 0 Å². The minimum absolute atomic E-state index is 0. The van der Waals surface area contributed by atoms with Gasteiger partial charge < -0.3 is 0 Å². The topological polar surface area (TPSA) is 12.9 Å². The predicted molar refractivity (Wildman–Crippen MR) is 36.2 cm³/mol. The summed E-state index contributed by atoms with van der Waals surface area (Å²) in [4.78, 5) is 3.92. The van der Waals surface area contributed by atoms with Crippen LogP contribution >= 0.6 is 12.4 Å². The molecule has 1 rings (SSSR count). The average molecular weight is 131 g/mol. The van der Waals surface area contributed by atoms with Gasteiger partial charge in [0, 0.05) is 11.9 Å². The van der Waals surface area contributed by atoms with Gasteiger partial charge in [0.1, 0.15) is 0 Å². The van der Waals surface area contributed by atoms with E-state index in [1.165, 1.54) is 0 Å².